The van der Waals surface area contributed by atoms with Crippen molar-refractivity contribution in [2.75, 3.05) is 13.2 Å². The summed E-state index contributed by atoms with van der Waals surface area (Å²) in [5.41, 5.74) is 0. The van der Waals surface area contributed by atoms with Crippen LogP contribution >= 0.6 is 0 Å². The van der Waals surface area contributed by atoms with Crippen LogP contribution in [0.2, 0.25) is 0 Å². The summed E-state index contributed by atoms with van der Waals surface area (Å²) in [5, 5.41) is 15.1. The molecule has 0 aliphatic rings. The van der Waals surface area contributed by atoms with Gasteiger partial charge in [-0.1, -0.05) is 0 Å². The van der Waals surface area contributed by atoms with Crippen molar-refractivity contribution in [1.29, 1.82) is 0 Å². The first kappa shape index (κ1) is 23.3. The molecule has 0 saturated carbocycles. The van der Waals surface area contributed by atoms with Crippen molar-refractivity contribution >= 4 is 0 Å². The van der Waals surface area contributed by atoms with E-state index < -0.39 is 0 Å². The van der Waals surface area contributed by atoms with Crippen LogP contribution in [0, 0.1) is 12.1 Å². The van der Waals surface area contributed by atoms with Gasteiger partial charge in [0, 0.05) is 13.2 Å². The Morgan fingerprint density at radius 3 is 0.895 bits per heavy atom. The van der Waals surface area contributed by atoms with Gasteiger partial charge in [0.2, 0.25) is 0 Å². The van der Waals surface area contributed by atoms with E-state index in [1.807, 2.05) is 60.7 Å². The van der Waals surface area contributed by atoms with Crippen molar-refractivity contribution in [2.45, 2.75) is 13.8 Å². The number of hydrogen-bond acceptors (Lipinski definition) is 2. The van der Waals surface area contributed by atoms with Gasteiger partial charge in [0.15, 0.2) is 0 Å². The Balaban J connectivity index is -0.000000188. The Hall–Kier alpha value is -0.757. The first-order valence-electron chi connectivity index (χ1n) is 5.87. The third-order valence-corrected chi connectivity index (χ3v) is 1.21. The van der Waals surface area contributed by atoms with Crippen LogP contribution in [-0.2, 0) is 26.2 Å². The largest absolute Gasteiger partial charge is 2.00 e. The predicted molar refractivity (Wildman–Crippen MR) is 76.1 cm³/mol. The molecule has 0 saturated heterocycles. The molecular formula is C16H22O2Zr. The summed E-state index contributed by atoms with van der Waals surface area (Å²) < 4.78 is 0. The maximum Gasteiger partial charge on any atom is 2.00 e. The number of benzene rings is 2. The predicted octanol–water partition coefficient (Wildman–Crippen LogP) is 2.97. The zero-order valence-corrected chi connectivity index (χ0v) is 14.0. The first-order valence-corrected chi connectivity index (χ1v) is 5.87. The Morgan fingerprint density at radius 2 is 0.842 bits per heavy atom. The maximum absolute atomic E-state index is 7.57. The third-order valence-electron chi connectivity index (χ3n) is 1.21. The fraction of sp³-hybridized carbons (Fsp3) is 0.250. The Kier molecular flexibility index (Phi) is 31.9. The van der Waals surface area contributed by atoms with E-state index >= 15 is 0 Å². The van der Waals surface area contributed by atoms with Crippen molar-refractivity contribution in [1.82, 2.24) is 0 Å². The zero-order chi connectivity index (χ0) is 13.9. The topological polar surface area (TPSA) is 40.5 Å². The van der Waals surface area contributed by atoms with Crippen LogP contribution in [0.25, 0.3) is 0 Å². The van der Waals surface area contributed by atoms with E-state index in [4.69, 9.17) is 10.2 Å². The monoisotopic (exact) mass is 336 g/mol. The van der Waals surface area contributed by atoms with Crippen LogP contribution in [-0.4, -0.2) is 23.4 Å². The molecule has 0 radical (unpaired) electrons. The van der Waals surface area contributed by atoms with Crippen molar-refractivity contribution < 1.29 is 36.4 Å². The Morgan fingerprint density at radius 1 is 0.632 bits per heavy atom. The summed E-state index contributed by atoms with van der Waals surface area (Å²) in [7, 11) is 0. The molecule has 2 nitrogen and oxygen atoms in total. The van der Waals surface area contributed by atoms with Gasteiger partial charge < -0.3 is 10.2 Å². The first-order chi connectivity index (χ1) is 8.83. The molecule has 0 unspecified atom stereocenters. The van der Waals surface area contributed by atoms with Gasteiger partial charge in [-0.2, -0.15) is 72.8 Å². The zero-order valence-electron chi connectivity index (χ0n) is 11.6. The second kappa shape index (κ2) is 25.9. The smallest absolute Gasteiger partial charge is 0.397 e. The maximum atomic E-state index is 7.57. The van der Waals surface area contributed by atoms with E-state index in [9.17, 15) is 0 Å². The summed E-state index contributed by atoms with van der Waals surface area (Å²) in [5.74, 6) is 0. The van der Waals surface area contributed by atoms with Gasteiger partial charge in [-0.15, -0.1) is 0 Å². The van der Waals surface area contributed by atoms with Gasteiger partial charge in [-0.05, 0) is 13.8 Å². The average molecular weight is 338 g/mol. The summed E-state index contributed by atoms with van der Waals surface area (Å²) in [6, 6.07) is 25.0. The van der Waals surface area contributed by atoms with Crippen molar-refractivity contribution in [3.63, 3.8) is 0 Å². The third kappa shape index (κ3) is 31.7. The molecule has 2 rings (SSSR count). The number of hydrogen-bond donors (Lipinski definition) is 2. The summed E-state index contributed by atoms with van der Waals surface area (Å²) in [6.45, 7) is 3.86. The number of aliphatic hydroxyl groups is 2. The minimum atomic E-state index is 0. The fourth-order valence-corrected chi connectivity index (χ4v) is 0.684. The van der Waals surface area contributed by atoms with E-state index in [1.165, 1.54) is 0 Å². The normalized spacial score (nSPS) is 6.95. The molecule has 0 aliphatic heterocycles. The minimum absolute atomic E-state index is 0. The van der Waals surface area contributed by atoms with Gasteiger partial charge in [0.25, 0.3) is 0 Å². The Bertz CT molecular complexity index is 214. The van der Waals surface area contributed by atoms with E-state index in [2.05, 4.69) is 12.1 Å². The number of aliphatic hydroxyl groups excluding tert-OH is 2. The van der Waals surface area contributed by atoms with Crippen LogP contribution in [0.5, 0.6) is 0 Å². The molecule has 0 aliphatic carbocycles. The number of rotatable bonds is 0. The van der Waals surface area contributed by atoms with Crippen molar-refractivity contribution in [3.8, 4) is 0 Å². The van der Waals surface area contributed by atoms with E-state index in [-0.39, 0.29) is 39.4 Å². The van der Waals surface area contributed by atoms with Crippen molar-refractivity contribution in [3.05, 3.63) is 72.8 Å². The molecule has 3 heteroatoms. The van der Waals surface area contributed by atoms with Crippen molar-refractivity contribution in [2.24, 2.45) is 0 Å². The quantitative estimate of drug-likeness (QED) is 0.726. The van der Waals surface area contributed by atoms with Gasteiger partial charge in [0.1, 0.15) is 0 Å². The summed E-state index contributed by atoms with van der Waals surface area (Å²) >= 11 is 0. The second-order valence-corrected chi connectivity index (χ2v) is 2.79. The molecule has 2 aromatic carbocycles. The molecule has 0 atom stereocenters. The molecule has 2 aromatic rings. The minimum Gasteiger partial charge on any atom is -0.397 e. The summed E-state index contributed by atoms with van der Waals surface area (Å²) in [6.07, 6.45) is 0. The Labute approximate surface area is 136 Å². The average Bonchev–Trinajstić information content (AvgIpc) is 2.45. The van der Waals surface area contributed by atoms with E-state index in [0.29, 0.717) is 0 Å². The molecule has 0 bridgehead atoms. The van der Waals surface area contributed by atoms with E-state index in [0.717, 1.165) is 0 Å². The van der Waals surface area contributed by atoms with Crippen LogP contribution < -0.4 is 0 Å². The van der Waals surface area contributed by atoms with Gasteiger partial charge in [-0.3, -0.25) is 0 Å². The fourth-order valence-electron chi connectivity index (χ4n) is 0.684. The van der Waals surface area contributed by atoms with Crippen LogP contribution in [0.3, 0.4) is 0 Å². The van der Waals surface area contributed by atoms with Crippen LogP contribution in [0.4, 0.5) is 0 Å². The molecule has 0 fully saturated rings. The molecule has 0 aromatic heterocycles. The van der Waals surface area contributed by atoms with Gasteiger partial charge in [-0.25, -0.2) is 0 Å². The van der Waals surface area contributed by atoms with Crippen LogP contribution in [0.15, 0.2) is 60.7 Å². The molecule has 2 N–H and O–H groups in total. The molecule has 19 heavy (non-hydrogen) atoms. The molecule has 0 amide bonds. The molecular weight excluding hydrogens is 315 g/mol. The standard InChI is InChI=1S/2C6H5.2C2H6O.Zr/c2*1-2-4-6-5-3-1;2*1-2-3;/h2*1-5H;2*3H,2H2,1H3;/q2*-1;;;+2. The van der Waals surface area contributed by atoms with Gasteiger partial charge >= 0.3 is 26.2 Å². The second-order valence-electron chi connectivity index (χ2n) is 2.79. The summed E-state index contributed by atoms with van der Waals surface area (Å²) in [4.78, 5) is 0. The molecule has 0 spiro atoms. The molecule has 0 heterocycles. The van der Waals surface area contributed by atoms with E-state index in [1.54, 1.807) is 13.8 Å². The van der Waals surface area contributed by atoms with Gasteiger partial charge in [0.05, 0.1) is 0 Å². The SMILES string of the molecule is CCO.CCO.[Zr+2].[c-]1ccccc1.[c-]1ccccc1. The van der Waals surface area contributed by atoms with Crippen LogP contribution in [0.1, 0.15) is 13.8 Å². The molecule has 102 valence electrons.